The highest BCUT2D eigenvalue weighted by Gasteiger charge is 2.09. The first-order chi connectivity index (χ1) is 7.61. The molecule has 1 rings (SSSR count). The van der Waals surface area contributed by atoms with Crippen molar-refractivity contribution in [1.29, 1.82) is 0 Å². The Morgan fingerprint density at radius 3 is 2.81 bits per heavy atom. The molecule has 1 aromatic rings. The minimum Gasteiger partial charge on any atom is -0.480 e. The summed E-state index contributed by atoms with van der Waals surface area (Å²) >= 11 is 0. The van der Waals surface area contributed by atoms with Crippen LogP contribution < -0.4 is 0 Å². The Hall–Kier alpha value is -1.42. The smallest absolute Gasteiger partial charge is 0.317 e. The van der Waals surface area contributed by atoms with Gasteiger partial charge in [0, 0.05) is 12.2 Å². The molecule has 0 fully saturated rings. The van der Waals surface area contributed by atoms with Gasteiger partial charge in [-0.25, -0.2) is 0 Å². The van der Waals surface area contributed by atoms with Crippen molar-refractivity contribution in [2.24, 2.45) is 0 Å². The fourth-order valence-corrected chi connectivity index (χ4v) is 1.64. The lowest BCUT2D eigenvalue weighted by Gasteiger charge is -2.18. The van der Waals surface area contributed by atoms with Gasteiger partial charge >= 0.3 is 5.97 Å². The molecular weight excluding hydrogens is 204 g/mol. The molecule has 16 heavy (non-hydrogen) atoms. The molecule has 0 atom stereocenters. The Bertz CT molecular complexity index is 353. The van der Waals surface area contributed by atoms with Crippen molar-refractivity contribution in [1.82, 2.24) is 9.88 Å². The van der Waals surface area contributed by atoms with E-state index in [0.29, 0.717) is 6.54 Å². The third kappa shape index (κ3) is 4.40. The number of carboxylic acids is 1. The maximum atomic E-state index is 10.7. The summed E-state index contributed by atoms with van der Waals surface area (Å²) in [6.07, 6.45) is 0.944. The fraction of sp³-hybridized carbons (Fsp3) is 0.500. The summed E-state index contributed by atoms with van der Waals surface area (Å²) in [5, 5.41) is 8.78. The van der Waals surface area contributed by atoms with Gasteiger partial charge in [0.05, 0.1) is 12.2 Å². The monoisotopic (exact) mass is 222 g/mol. The number of aryl methyl sites for hydroxylation is 1. The first-order valence-corrected chi connectivity index (χ1v) is 5.48. The van der Waals surface area contributed by atoms with Crippen molar-refractivity contribution >= 4 is 5.97 Å². The molecule has 0 unspecified atom stereocenters. The van der Waals surface area contributed by atoms with E-state index in [1.165, 1.54) is 0 Å². The first-order valence-electron chi connectivity index (χ1n) is 5.48. The van der Waals surface area contributed by atoms with Gasteiger partial charge in [-0.1, -0.05) is 13.0 Å². The van der Waals surface area contributed by atoms with E-state index in [9.17, 15) is 4.79 Å². The van der Waals surface area contributed by atoms with Crippen LogP contribution in [0.3, 0.4) is 0 Å². The van der Waals surface area contributed by atoms with Gasteiger partial charge in [0.15, 0.2) is 0 Å². The third-order valence-electron chi connectivity index (χ3n) is 2.23. The van der Waals surface area contributed by atoms with Crippen LogP contribution in [0.15, 0.2) is 18.2 Å². The van der Waals surface area contributed by atoms with E-state index in [2.05, 4.69) is 4.98 Å². The number of carbonyl (C=O) groups is 1. The SMILES string of the molecule is CCCN(CC(=O)O)Cc1cccc(C)n1. The lowest BCUT2D eigenvalue weighted by molar-refractivity contribution is -0.138. The van der Waals surface area contributed by atoms with Gasteiger partial charge in [-0.15, -0.1) is 0 Å². The van der Waals surface area contributed by atoms with Crippen LogP contribution in [-0.4, -0.2) is 34.0 Å². The molecule has 0 saturated heterocycles. The molecule has 0 bridgehead atoms. The van der Waals surface area contributed by atoms with Crippen LogP contribution in [-0.2, 0) is 11.3 Å². The summed E-state index contributed by atoms with van der Waals surface area (Å²) in [6.45, 7) is 5.43. The molecule has 4 nitrogen and oxygen atoms in total. The van der Waals surface area contributed by atoms with Crippen LogP contribution in [0.2, 0.25) is 0 Å². The number of hydrogen-bond acceptors (Lipinski definition) is 3. The van der Waals surface area contributed by atoms with E-state index in [4.69, 9.17) is 5.11 Å². The Labute approximate surface area is 95.9 Å². The van der Waals surface area contributed by atoms with Crippen molar-refractivity contribution < 1.29 is 9.90 Å². The second-order valence-electron chi connectivity index (χ2n) is 3.87. The van der Waals surface area contributed by atoms with Gasteiger partial charge in [0.1, 0.15) is 0 Å². The first kappa shape index (κ1) is 12.6. The Balaban J connectivity index is 2.63. The van der Waals surface area contributed by atoms with Gasteiger partial charge in [-0.3, -0.25) is 14.7 Å². The summed E-state index contributed by atoms with van der Waals surface area (Å²) < 4.78 is 0. The van der Waals surface area contributed by atoms with Gasteiger partial charge in [0.2, 0.25) is 0 Å². The zero-order chi connectivity index (χ0) is 12.0. The predicted molar refractivity (Wildman–Crippen MR) is 62.2 cm³/mol. The fourth-order valence-electron chi connectivity index (χ4n) is 1.64. The number of nitrogens with zero attached hydrogens (tertiary/aromatic N) is 2. The van der Waals surface area contributed by atoms with Gasteiger partial charge in [0.25, 0.3) is 0 Å². The summed E-state index contributed by atoms with van der Waals surface area (Å²) in [5.41, 5.74) is 1.89. The van der Waals surface area contributed by atoms with E-state index < -0.39 is 5.97 Å². The molecule has 0 aromatic carbocycles. The normalized spacial score (nSPS) is 10.7. The molecule has 88 valence electrons. The van der Waals surface area contributed by atoms with Crippen molar-refractivity contribution in [3.05, 3.63) is 29.6 Å². The Kier molecular flexibility index (Phi) is 4.92. The molecular formula is C12H18N2O2. The quantitative estimate of drug-likeness (QED) is 0.795. The Morgan fingerprint density at radius 1 is 1.50 bits per heavy atom. The molecule has 0 aliphatic rings. The lowest BCUT2D eigenvalue weighted by Crippen LogP contribution is -2.30. The predicted octanol–water partition coefficient (Wildman–Crippen LogP) is 1.69. The van der Waals surface area contributed by atoms with Crippen LogP contribution in [0.4, 0.5) is 0 Å². The van der Waals surface area contributed by atoms with Gasteiger partial charge in [-0.05, 0) is 32.0 Å². The molecule has 0 aliphatic heterocycles. The number of aromatic nitrogens is 1. The molecule has 1 N–H and O–H groups in total. The standard InChI is InChI=1S/C12H18N2O2/c1-3-7-14(9-12(15)16)8-11-6-4-5-10(2)13-11/h4-6H,3,7-9H2,1-2H3,(H,15,16). The van der Waals surface area contributed by atoms with Crippen molar-refractivity contribution in [2.75, 3.05) is 13.1 Å². The number of carboxylic acid groups (broad SMARTS) is 1. The molecule has 0 saturated carbocycles. The molecule has 0 radical (unpaired) electrons. The average Bonchev–Trinajstić information content (AvgIpc) is 2.16. The van der Waals surface area contributed by atoms with E-state index in [0.717, 1.165) is 24.4 Å². The largest absolute Gasteiger partial charge is 0.480 e. The second kappa shape index (κ2) is 6.23. The second-order valence-corrected chi connectivity index (χ2v) is 3.87. The van der Waals surface area contributed by atoms with Crippen LogP contribution in [0.25, 0.3) is 0 Å². The van der Waals surface area contributed by atoms with Crippen molar-refractivity contribution in [3.63, 3.8) is 0 Å². The zero-order valence-corrected chi connectivity index (χ0v) is 9.81. The molecule has 4 heteroatoms. The highest BCUT2D eigenvalue weighted by molar-refractivity contribution is 5.69. The zero-order valence-electron chi connectivity index (χ0n) is 9.81. The minimum absolute atomic E-state index is 0.0729. The number of pyridine rings is 1. The summed E-state index contributed by atoms with van der Waals surface area (Å²) in [6, 6.07) is 5.81. The molecule has 1 heterocycles. The van der Waals surface area contributed by atoms with E-state index >= 15 is 0 Å². The highest BCUT2D eigenvalue weighted by atomic mass is 16.4. The summed E-state index contributed by atoms with van der Waals surface area (Å²) in [4.78, 5) is 16.9. The molecule has 1 aromatic heterocycles. The topological polar surface area (TPSA) is 53.4 Å². The van der Waals surface area contributed by atoms with Crippen LogP contribution in [0.1, 0.15) is 24.7 Å². The van der Waals surface area contributed by atoms with Gasteiger partial charge in [-0.2, -0.15) is 0 Å². The average molecular weight is 222 g/mol. The van der Waals surface area contributed by atoms with Crippen LogP contribution in [0.5, 0.6) is 0 Å². The van der Waals surface area contributed by atoms with Gasteiger partial charge < -0.3 is 5.11 Å². The number of hydrogen-bond donors (Lipinski definition) is 1. The van der Waals surface area contributed by atoms with E-state index in [1.54, 1.807) is 0 Å². The van der Waals surface area contributed by atoms with Crippen molar-refractivity contribution in [2.45, 2.75) is 26.8 Å². The van der Waals surface area contributed by atoms with Crippen molar-refractivity contribution in [3.8, 4) is 0 Å². The van der Waals surface area contributed by atoms with E-state index in [1.807, 2.05) is 36.9 Å². The van der Waals surface area contributed by atoms with Crippen LogP contribution >= 0.6 is 0 Å². The third-order valence-corrected chi connectivity index (χ3v) is 2.23. The number of aliphatic carboxylic acids is 1. The van der Waals surface area contributed by atoms with E-state index in [-0.39, 0.29) is 6.54 Å². The highest BCUT2D eigenvalue weighted by Crippen LogP contribution is 2.03. The molecule has 0 amide bonds. The van der Waals surface area contributed by atoms with Crippen LogP contribution in [0, 0.1) is 6.92 Å². The Morgan fingerprint density at radius 2 is 2.25 bits per heavy atom. The summed E-state index contributed by atoms with van der Waals surface area (Å²) in [7, 11) is 0. The lowest BCUT2D eigenvalue weighted by atomic mass is 10.3. The maximum Gasteiger partial charge on any atom is 0.317 e. The summed E-state index contributed by atoms with van der Waals surface area (Å²) in [5.74, 6) is -0.791. The molecule has 0 spiro atoms. The minimum atomic E-state index is -0.791. The maximum absolute atomic E-state index is 10.7. The molecule has 0 aliphatic carbocycles. The number of rotatable bonds is 6.